The number of nitrogens with one attached hydrogen (secondary N) is 1. The Balaban J connectivity index is 1.31. The summed E-state index contributed by atoms with van der Waals surface area (Å²) in [6.07, 6.45) is 13.2. The number of nitrogens with zero attached hydrogens (tertiary/aromatic N) is 6. The smallest absolute Gasteiger partial charge is 0.315 e. The molecule has 2 unspecified atom stereocenters. The van der Waals surface area contributed by atoms with Crippen LogP contribution in [0.15, 0.2) is 36.9 Å². The van der Waals surface area contributed by atoms with E-state index < -0.39 is 0 Å². The molecule has 2 saturated heterocycles. The van der Waals surface area contributed by atoms with Crippen molar-refractivity contribution in [2.45, 2.75) is 62.4 Å². The van der Waals surface area contributed by atoms with Crippen molar-refractivity contribution in [3.05, 3.63) is 48.2 Å². The number of H-pyrrole nitrogens is 1. The fourth-order valence-electron chi connectivity index (χ4n) is 6.21. The van der Waals surface area contributed by atoms with Crippen LogP contribution in [0.25, 0.3) is 28.3 Å². The number of nitrogens with two attached hydrogens (primary N) is 2. The summed E-state index contributed by atoms with van der Waals surface area (Å²) < 4.78 is 1.78. The number of aromatic amines is 1. The number of imidazole rings is 1. The molecule has 178 valence electrons. The van der Waals surface area contributed by atoms with Gasteiger partial charge in [0.15, 0.2) is 11.5 Å². The molecular weight excluding hydrogens is 442 g/mol. The molecule has 1 aliphatic carbocycles. The van der Waals surface area contributed by atoms with E-state index in [1.54, 1.807) is 16.9 Å². The van der Waals surface area contributed by atoms with E-state index in [2.05, 4.69) is 20.1 Å². The first kappa shape index (κ1) is 20.4. The molecule has 2 atom stereocenters. The minimum atomic E-state index is -0.301. The van der Waals surface area contributed by atoms with Crippen molar-refractivity contribution >= 4 is 17.5 Å². The Labute approximate surface area is 201 Å². The Morgan fingerprint density at radius 1 is 1.03 bits per heavy atom. The van der Waals surface area contributed by atoms with E-state index in [1.165, 1.54) is 0 Å². The molecule has 4 aromatic heterocycles. The highest BCUT2D eigenvalue weighted by Gasteiger charge is 2.45. The van der Waals surface area contributed by atoms with Crippen molar-refractivity contribution in [1.29, 1.82) is 0 Å². The Kier molecular flexibility index (Phi) is 4.39. The Morgan fingerprint density at radius 3 is 2.46 bits per heavy atom. The van der Waals surface area contributed by atoms with Crippen LogP contribution in [0.2, 0.25) is 0 Å². The second kappa shape index (κ2) is 7.53. The summed E-state index contributed by atoms with van der Waals surface area (Å²) in [5, 5.41) is 4.61. The van der Waals surface area contributed by atoms with Crippen LogP contribution in [0.1, 0.15) is 61.6 Å². The molecule has 3 fully saturated rings. The molecule has 3 aliphatic rings. The molecule has 6 heterocycles. The van der Waals surface area contributed by atoms with Gasteiger partial charge in [-0.1, -0.05) is 6.07 Å². The number of anilines is 1. The van der Waals surface area contributed by atoms with Crippen LogP contribution < -0.4 is 11.5 Å². The quantitative estimate of drug-likeness (QED) is 0.418. The van der Waals surface area contributed by atoms with Crippen molar-refractivity contribution in [2.24, 2.45) is 5.73 Å². The second-order valence-electron chi connectivity index (χ2n) is 10.0. The highest BCUT2D eigenvalue weighted by atomic mass is 16.2. The summed E-state index contributed by atoms with van der Waals surface area (Å²) in [6, 6.07) is 4.03. The number of rotatable bonds is 4. The van der Waals surface area contributed by atoms with Crippen LogP contribution in [0.5, 0.6) is 0 Å². The molecule has 0 spiro atoms. The first-order chi connectivity index (χ1) is 17.1. The largest absolute Gasteiger partial charge is 0.383 e. The predicted molar refractivity (Wildman–Crippen MR) is 130 cm³/mol. The lowest BCUT2D eigenvalue weighted by Gasteiger charge is -2.38. The topological polar surface area (TPSA) is 144 Å². The van der Waals surface area contributed by atoms with Crippen LogP contribution in [0.3, 0.4) is 0 Å². The molecule has 2 amide bonds. The maximum Gasteiger partial charge on any atom is 0.315 e. The summed E-state index contributed by atoms with van der Waals surface area (Å²) in [5.41, 5.74) is 18.0. The maximum absolute atomic E-state index is 12.0. The van der Waals surface area contributed by atoms with Gasteiger partial charge in [-0.25, -0.2) is 14.8 Å². The Morgan fingerprint density at radius 2 is 1.83 bits per heavy atom. The average Bonchev–Trinajstić information content (AvgIpc) is 3.25. The first-order valence-electron chi connectivity index (χ1n) is 12.3. The van der Waals surface area contributed by atoms with Crippen molar-refractivity contribution in [3.63, 3.8) is 0 Å². The van der Waals surface area contributed by atoms with Gasteiger partial charge in [0.2, 0.25) is 0 Å². The zero-order valence-corrected chi connectivity index (χ0v) is 19.3. The fraction of sp³-hybridized carbons (Fsp3) is 0.400. The number of carbonyl (C=O) groups excluding carboxylic acids is 1. The van der Waals surface area contributed by atoms with Crippen molar-refractivity contribution < 1.29 is 4.79 Å². The molecule has 7 rings (SSSR count). The maximum atomic E-state index is 12.0. The molecule has 4 aromatic rings. The zero-order chi connectivity index (χ0) is 23.7. The summed E-state index contributed by atoms with van der Waals surface area (Å²) in [6.45, 7) is 0. The minimum absolute atomic E-state index is 0.185. The van der Waals surface area contributed by atoms with E-state index in [0.717, 1.165) is 78.1 Å². The summed E-state index contributed by atoms with van der Waals surface area (Å²) >= 11 is 0. The molecule has 35 heavy (non-hydrogen) atoms. The summed E-state index contributed by atoms with van der Waals surface area (Å²) in [4.78, 5) is 31.1. The molecule has 5 N–H and O–H groups in total. The van der Waals surface area contributed by atoms with Gasteiger partial charge in [0, 0.05) is 53.3 Å². The van der Waals surface area contributed by atoms with E-state index in [-0.39, 0.29) is 24.0 Å². The third-order valence-corrected chi connectivity index (χ3v) is 7.93. The van der Waals surface area contributed by atoms with Crippen LogP contribution in [-0.2, 0) is 0 Å². The summed E-state index contributed by atoms with van der Waals surface area (Å²) in [7, 11) is 0. The van der Waals surface area contributed by atoms with Crippen molar-refractivity contribution in [1.82, 2.24) is 34.4 Å². The van der Waals surface area contributed by atoms with Gasteiger partial charge in [0.05, 0.1) is 11.9 Å². The standard InChI is InChI=1S/C25H27N9O/c26-22-20(13-1-2-13)21(15-9-16-4-5-17(10-15)33(16)25(27)35)32-24-18(12-31-34(22)24)14-3-6-19(30-11-14)23-28-7-8-29-23/h3,6-8,11-13,15-17H,1-2,4-5,9-10,26H2,(H2,27,35)(H,28,29). The zero-order valence-electron chi connectivity index (χ0n) is 19.3. The van der Waals surface area contributed by atoms with Gasteiger partial charge < -0.3 is 21.4 Å². The number of hydrogen-bond donors (Lipinski definition) is 3. The minimum Gasteiger partial charge on any atom is -0.383 e. The lowest BCUT2D eigenvalue weighted by molar-refractivity contribution is 0.145. The average molecular weight is 470 g/mol. The van der Waals surface area contributed by atoms with Gasteiger partial charge in [-0.05, 0) is 50.5 Å². The van der Waals surface area contributed by atoms with E-state index in [0.29, 0.717) is 11.7 Å². The molecular formula is C25H27N9O. The van der Waals surface area contributed by atoms with Crippen LogP contribution >= 0.6 is 0 Å². The van der Waals surface area contributed by atoms with Crippen molar-refractivity contribution in [2.75, 3.05) is 5.73 Å². The highest BCUT2D eigenvalue weighted by Crippen LogP contribution is 2.50. The van der Waals surface area contributed by atoms with Gasteiger partial charge >= 0.3 is 6.03 Å². The van der Waals surface area contributed by atoms with Gasteiger partial charge in [-0.2, -0.15) is 9.61 Å². The molecule has 1 saturated carbocycles. The summed E-state index contributed by atoms with van der Waals surface area (Å²) in [5.74, 6) is 2.11. The number of nitrogen functional groups attached to an aromatic ring is 1. The lowest BCUT2D eigenvalue weighted by Crippen LogP contribution is -2.48. The normalized spacial score (nSPS) is 23.8. The van der Waals surface area contributed by atoms with E-state index in [1.807, 2.05) is 29.4 Å². The monoisotopic (exact) mass is 469 g/mol. The lowest BCUT2D eigenvalue weighted by atomic mass is 9.85. The number of urea groups is 1. The number of primary amides is 1. The highest BCUT2D eigenvalue weighted by molar-refractivity contribution is 5.79. The number of aromatic nitrogens is 6. The third-order valence-electron chi connectivity index (χ3n) is 7.93. The van der Waals surface area contributed by atoms with Crippen LogP contribution in [0.4, 0.5) is 10.6 Å². The second-order valence-corrected chi connectivity index (χ2v) is 10.0. The van der Waals surface area contributed by atoms with Gasteiger partial charge in [0.1, 0.15) is 11.5 Å². The number of carbonyl (C=O) groups is 1. The molecule has 2 bridgehead atoms. The number of amides is 2. The molecule has 0 aromatic carbocycles. The van der Waals surface area contributed by atoms with Crippen LogP contribution in [-0.4, -0.2) is 52.6 Å². The molecule has 10 nitrogen and oxygen atoms in total. The van der Waals surface area contributed by atoms with Crippen LogP contribution in [0, 0.1) is 0 Å². The fourth-order valence-corrected chi connectivity index (χ4v) is 6.21. The van der Waals surface area contributed by atoms with E-state index in [4.69, 9.17) is 16.5 Å². The molecule has 2 aliphatic heterocycles. The van der Waals surface area contributed by atoms with Gasteiger partial charge in [-0.3, -0.25) is 4.98 Å². The number of pyridine rings is 1. The van der Waals surface area contributed by atoms with Gasteiger partial charge in [-0.15, -0.1) is 0 Å². The third kappa shape index (κ3) is 3.19. The van der Waals surface area contributed by atoms with E-state index >= 15 is 0 Å². The SMILES string of the molecule is NC(=O)N1C2CCC1CC(c1nc3c(-c4ccc(-c5ncc[nH]5)nc4)cnn3c(N)c1C1CC1)C2. The number of hydrogen-bond acceptors (Lipinski definition) is 6. The number of fused-ring (bicyclic) bond motifs is 3. The van der Waals surface area contributed by atoms with Gasteiger partial charge in [0.25, 0.3) is 0 Å². The molecule has 10 heteroatoms. The number of piperidine rings is 1. The Hall–Kier alpha value is -3.95. The van der Waals surface area contributed by atoms with E-state index in [9.17, 15) is 4.79 Å². The first-order valence-corrected chi connectivity index (χ1v) is 12.3. The van der Waals surface area contributed by atoms with Crippen molar-refractivity contribution in [3.8, 4) is 22.6 Å². The Bertz CT molecular complexity index is 1410. The molecule has 0 radical (unpaired) electrons. The predicted octanol–water partition coefficient (Wildman–Crippen LogP) is 3.43.